The number of carbonyl (C=O) groups excluding carboxylic acids is 1. The van der Waals surface area contributed by atoms with Crippen molar-refractivity contribution in [1.82, 2.24) is 0 Å². The first-order chi connectivity index (χ1) is 11.9. The van der Waals surface area contributed by atoms with Crippen LogP contribution in [0.4, 0.5) is 11.4 Å². The Kier molecular flexibility index (Phi) is 5.01. The minimum absolute atomic E-state index is 0.107. The molecule has 1 aliphatic rings. The molecule has 2 aromatic carbocycles. The third-order valence-corrected chi connectivity index (χ3v) is 5.74. The largest absolute Gasteiger partial charge is 0.312 e. The van der Waals surface area contributed by atoms with Gasteiger partial charge in [0.05, 0.1) is 5.75 Å². The minimum Gasteiger partial charge on any atom is -0.312 e. The van der Waals surface area contributed by atoms with Crippen LogP contribution >= 0.6 is 11.6 Å². The Bertz CT molecular complexity index is 912. The monoisotopic (exact) mass is 378 g/mol. The molecule has 0 unspecified atom stereocenters. The second-order valence-corrected chi connectivity index (χ2v) is 8.23. The lowest BCUT2D eigenvalue weighted by atomic mass is 10.1. The van der Waals surface area contributed by atoms with Gasteiger partial charge in [-0.15, -0.1) is 0 Å². The van der Waals surface area contributed by atoms with Gasteiger partial charge in [-0.05, 0) is 48.7 Å². The molecule has 1 heterocycles. The van der Waals surface area contributed by atoms with Crippen molar-refractivity contribution in [2.75, 3.05) is 16.2 Å². The predicted octanol–water partition coefficient (Wildman–Crippen LogP) is 3.72. The summed E-state index contributed by atoms with van der Waals surface area (Å²) in [7, 11) is -3.58. The maximum absolute atomic E-state index is 12.4. The summed E-state index contributed by atoms with van der Waals surface area (Å²) in [6.45, 7) is 2.57. The molecule has 1 fully saturated rings. The van der Waals surface area contributed by atoms with Crippen molar-refractivity contribution < 1.29 is 13.2 Å². The Morgan fingerprint density at radius 3 is 2.60 bits per heavy atom. The van der Waals surface area contributed by atoms with Crippen LogP contribution in [0.3, 0.4) is 0 Å². The van der Waals surface area contributed by atoms with E-state index in [-0.39, 0.29) is 11.7 Å². The first-order valence-corrected chi connectivity index (χ1v) is 10.0. The van der Waals surface area contributed by atoms with Gasteiger partial charge in [0.2, 0.25) is 15.9 Å². The molecule has 132 valence electrons. The van der Waals surface area contributed by atoms with Gasteiger partial charge in [0.15, 0.2) is 0 Å². The fourth-order valence-electron chi connectivity index (χ4n) is 2.96. The molecule has 0 atom stereocenters. The average Bonchev–Trinajstić information content (AvgIpc) is 2.95. The number of halogens is 1. The van der Waals surface area contributed by atoms with Gasteiger partial charge in [0.1, 0.15) is 0 Å². The van der Waals surface area contributed by atoms with Crippen molar-refractivity contribution in [2.45, 2.75) is 25.5 Å². The van der Waals surface area contributed by atoms with Crippen molar-refractivity contribution in [3.05, 3.63) is 58.6 Å². The Morgan fingerprint density at radius 2 is 1.96 bits per heavy atom. The molecule has 0 bridgehead atoms. The van der Waals surface area contributed by atoms with E-state index in [2.05, 4.69) is 4.72 Å². The van der Waals surface area contributed by atoms with Gasteiger partial charge in [-0.25, -0.2) is 8.42 Å². The minimum atomic E-state index is -3.58. The summed E-state index contributed by atoms with van der Waals surface area (Å²) < 4.78 is 27.4. The summed E-state index contributed by atoms with van der Waals surface area (Å²) in [6, 6.07) is 12.1. The lowest BCUT2D eigenvalue weighted by Gasteiger charge is -2.19. The number of nitrogens with zero attached hydrogens (tertiary/aromatic N) is 1. The zero-order chi connectivity index (χ0) is 18.0. The molecule has 1 aliphatic heterocycles. The zero-order valence-corrected chi connectivity index (χ0v) is 15.4. The quantitative estimate of drug-likeness (QED) is 0.862. The van der Waals surface area contributed by atoms with E-state index in [9.17, 15) is 13.2 Å². The van der Waals surface area contributed by atoms with Crippen LogP contribution in [0.5, 0.6) is 0 Å². The first-order valence-electron chi connectivity index (χ1n) is 8.01. The molecule has 25 heavy (non-hydrogen) atoms. The highest BCUT2D eigenvalue weighted by Crippen LogP contribution is 2.28. The van der Waals surface area contributed by atoms with E-state index >= 15 is 0 Å². The van der Waals surface area contributed by atoms with Crippen LogP contribution in [0.1, 0.15) is 24.0 Å². The van der Waals surface area contributed by atoms with Crippen LogP contribution in [0.2, 0.25) is 5.02 Å². The number of amides is 1. The van der Waals surface area contributed by atoms with E-state index in [1.165, 1.54) is 0 Å². The maximum atomic E-state index is 12.4. The Labute approximate surface area is 152 Å². The van der Waals surface area contributed by atoms with Gasteiger partial charge < -0.3 is 4.90 Å². The van der Waals surface area contributed by atoms with Gasteiger partial charge in [0.25, 0.3) is 0 Å². The van der Waals surface area contributed by atoms with Gasteiger partial charge in [-0.2, -0.15) is 0 Å². The van der Waals surface area contributed by atoms with Crippen molar-refractivity contribution in [1.29, 1.82) is 0 Å². The normalized spacial score (nSPS) is 14.8. The third kappa shape index (κ3) is 4.14. The molecule has 7 heteroatoms. The Hall–Kier alpha value is -2.05. The molecule has 0 aromatic heterocycles. The molecule has 3 rings (SSSR count). The number of rotatable bonds is 5. The molecular weight excluding hydrogens is 360 g/mol. The average molecular weight is 379 g/mol. The van der Waals surface area contributed by atoms with Crippen LogP contribution in [-0.2, 0) is 20.6 Å². The molecule has 0 spiro atoms. The van der Waals surface area contributed by atoms with Crippen LogP contribution in [0.25, 0.3) is 0 Å². The van der Waals surface area contributed by atoms with Gasteiger partial charge in [0, 0.05) is 29.4 Å². The molecule has 5 nitrogen and oxygen atoms in total. The topological polar surface area (TPSA) is 66.5 Å². The number of anilines is 2. The highest BCUT2D eigenvalue weighted by Gasteiger charge is 2.23. The smallest absolute Gasteiger partial charge is 0.236 e. The van der Waals surface area contributed by atoms with E-state index in [4.69, 9.17) is 11.6 Å². The zero-order valence-electron chi connectivity index (χ0n) is 13.8. The lowest BCUT2D eigenvalue weighted by molar-refractivity contribution is -0.117. The Balaban J connectivity index is 1.77. The highest BCUT2D eigenvalue weighted by atomic mass is 35.5. The second kappa shape index (κ2) is 7.06. The number of benzene rings is 2. The van der Waals surface area contributed by atoms with E-state index in [0.29, 0.717) is 29.2 Å². The number of carbonyl (C=O) groups is 1. The van der Waals surface area contributed by atoms with Gasteiger partial charge >= 0.3 is 0 Å². The molecule has 0 saturated carbocycles. The van der Waals surface area contributed by atoms with E-state index in [1.54, 1.807) is 47.4 Å². The van der Waals surface area contributed by atoms with E-state index < -0.39 is 10.0 Å². The van der Waals surface area contributed by atoms with Crippen LogP contribution in [0, 0.1) is 6.92 Å². The number of hydrogen-bond acceptors (Lipinski definition) is 3. The molecular formula is C18H19ClN2O3S. The molecule has 1 amide bonds. The van der Waals surface area contributed by atoms with Gasteiger partial charge in [-0.1, -0.05) is 29.8 Å². The van der Waals surface area contributed by atoms with Crippen molar-refractivity contribution in [2.24, 2.45) is 0 Å². The van der Waals surface area contributed by atoms with E-state index in [0.717, 1.165) is 17.7 Å². The standard InChI is InChI=1S/C18H19ClN2O3S/c1-13-11-15(8-9-17(13)21-10-4-7-18(21)22)20-25(23,24)12-14-5-2-3-6-16(14)19/h2-3,5-6,8-9,11,20H,4,7,10,12H2,1H3. The summed E-state index contributed by atoms with van der Waals surface area (Å²) >= 11 is 6.04. The second-order valence-electron chi connectivity index (χ2n) is 6.10. The van der Waals surface area contributed by atoms with Crippen molar-refractivity contribution in [3.63, 3.8) is 0 Å². The molecule has 0 radical (unpaired) electrons. The van der Waals surface area contributed by atoms with Crippen molar-refractivity contribution in [3.8, 4) is 0 Å². The summed E-state index contributed by atoms with van der Waals surface area (Å²) in [4.78, 5) is 13.6. The fourth-order valence-corrected chi connectivity index (χ4v) is 4.46. The molecule has 0 aliphatic carbocycles. The highest BCUT2D eigenvalue weighted by molar-refractivity contribution is 7.91. The fraction of sp³-hybridized carbons (Fsp3) is 0.278. The maximum Gasteiger partial charge on any atom is 0.236 e. The molecule has 1 N–H and O–H groups in total. The van der Waals surface area contributed by atoms with Crippen LogP contribution in [-0.4, -0.2) is 20.9 Å². The number of nitrogens with one attached hydrogen (secondary N) is 1. The lowest BCUT2D eigenvalue weighted by Crippen LogP contribution is -2.24. The third-order valence-electron chi connectivity index (χ3n) is 4.14. The summed E-state index contributed by atoms with van der Waals surface area (Å²) in [5, 5.41) is 0.423. The summed E-state index contributed by atoms with van der Waals surface area (Å²) in [5.41, 5.74) is 2.71. The van der Waals surface area contributed by atoms with E-state index in [1.807, 2.05) is 6.92 Å². The summed E-state index contributed by atoms with van der Waals surface area (Å²) in [6.07, 6.45) is 1.41. The number of hydrogen-bond donors (Lipinski definition) is 1. The molecule has 1 saturated heterocycles. The van der Waals surface area contributed by atoms with Crippen molar-refractivity contribution >= 4 is 38.9 Å². The Morgan fingerprint density at radius 1 is 1.20 bits per heavy atom. The van der Waals surface area contributed by atoms with Gasteiger partial charge in [-0.3, -0.25) is 9.52 Å². The van der Waals surface area contributed by atoms with Crippen LogP contribution in [0.15, 0.2) is 42.5 Å². The number of sulfonamides is 1. The SMILES string of the molecule is Cc1cc(NS(=O)(=O)Cc2ccccc2Cl)ccc1N1CCCC1=O. The predicted molar refractivity (Wildman–Crippen MR) is 100 cm³/mol. The summed E-state index contributed by atoms with van der Waals surface area (Å²) in [5.74, 6) is -0.0897. The first kappa shape index (κ1) is 17.8. The molecule has 2 aromatic rings. The van der Waals surface area contributed by atoms with Crippen LogP contribution < -0.4 is 9.62 Å². The number of aryl methyl sites for hydroxylation is 1.